The fraction of sp³-hybridized carbons (Fsp3) is 0.143. The number of pyridine rings is 1. The van der Waals surface area contributed by atoms with Crippen molar-refractivity contribution in [3.05, 3.63) is 30.1 Å². The quantitative estimate of drug-likeness (QED) is 0.629. The third kappa shape index (κ3) is 1.22. The molecule has 0 aromatic carbocycles. The first-order valence-corrected chi connectivity index (χ1v) is 3.49. The van der Waals surface area contributed by atoms with Gasteiger partial charge in [-0.1, -0.05) is 6.07 Å². The first kappa shape index (κ1) is 7.05. The molecule has 1 atom stereocenters. The number of amides is 1. The van der Waals surface area contributed by atoms with Crippen LogP contribution in [0, 0.1) is 0 Å². The highest BCUT2D eigenvalue weighted by atomic mass is 16.7. The van der Waals surface area contributed by atoms with Crippen LogP contribution in [0.3, 0.4) is 0 Å². The minimum atomic E-state index is -0.469. The van der Waals surface area contributed by atoms with Crippen molar-refractivity contribution in [1.82, 2.24) is 15.8 Å². The Morgan fingerprint density at radius 2 is 2.50 bits per heavy atom. The van der Waals surface area contributed by atoms with Gasteiger partial charge >= 0.3 is 6.09 Å². The SMILES string of the molecule is O=C1NC(c2cccnc2)NO1. The third-order valence-electron chi connectivity index (χ3n) is 1.55. The van der Waals surface area contributed by atoms with Crippen molar-refractivity contribution in [2.45, 2.75) is 6.17 Å². The molecule has 5 heteroatoms. The van der Waals surface area contributed by atoms with Crippen LogP contribution in [-0.2, 0) is 4.84 Å². The number of rotatable bonds is 1. The molecule has 1 aromatic rings. The van der Waals surface area contributed by atoms with E-state index >= 15 is 0 Å². The van der Waals surface area contributed by atoms with Crippen LogP contribution < -0.4 is 10.8 Å². The molecule has 1 amide bonds. The van der Waals surface area contributed by atoms with Crippen LogP contribution in [0.25, 0.3) is 0 Å². The number of hydroxylamine groups is 1. The Morgan fingerprint density at radius 3 is 3.08 bits per heavy atom. The molecule has 2 heterocycles. The highest BCUT2D eigenvalue weighted by Gasteiger charge is 2.22. The highest BCUT2D eigenvalue weighted by Crippen LogP contribution is 2.11. The summed E-state index contributed by atoms with van der Waals surface area (Å²) in [5.41, 5.74) is 3.39. The van der Waals surface area contributed by atoms with Crippen LogP contribution in [0.1, 0.15) is 11.7 Å². The largest absolute Gasteiger partial charge is 0.427 e. The molecule has 0 radical (unpaired) electrons. The average Bonchev–Trinajstić information content (AvgIpc) is 2.54. The summed E-state index contributed by atoms with van der Waals surface area (Å²) in [4.78, 5) is 19.0. The first-order chi connectivity index (χ1) is 5.86. The zero-order valence-corrected chi connectivity index (χ0v) is 6.15. The summed E-state index contributed by atoms with van der Waals surface area (Å²) in [5.74, 6) is 0. The van der Waals surface area contributed by atoms with E-state index in [4.69, 9.17) is 0 Å². The van der Waals surface area contributed by atoms with Crippen LogP contribution in [0.4, 0.5) is 4.79 Å². The summed E-state index contributed by atoms with van der Waals surface area (Å²) >= 11 is 0. The molecule has 0 spiro atoms. The predicted molar refractivity (Wildman–Crippen MR) is 39.7 cm³/mol. The topological polar surface area (TPSA) is 63.2 Å². The maximum Gasteiger partial charge on any atom is 0.427 e. The number of nitrogens with zero attached hydrogens (tertiary/aromatic N) is 1. The lowest BCUT2D eigenvalue weighted by Gasteiger charge is -2.05. The lowest BCUT2D eigenvalue weighted by Crippen LogP contribution is -2.22. The number of carbonyl (C=O) groups is 1. The summed E-state index contributed by atoms with van der Waals surface area (Å²) in [7, 11) is 0. The van der Waals surface area contributed by atoms with E-state index in [2.05, 4.69) is 20.6 Å². The Bertz CT molecular complexity index is 288. The molecule has 0 saturated carbocycles. The van der Waals surface area contributed by atoms with Gasteiger partial charge in [-0.15, -0.1) is 5.48 Å². The molecule has 2 N–H and O–H groups in total. The molecule has 1 aliphatic heterocycles. The van der Waals surface area contributed by atoms with Gasteiger partial charge in [-0.2, -0.15) is 0 Å². The second-order valence-corrected chi connectivity index (χ2v) is 2.37. The summed E-state index contributed by atoms with van der Waals surface area (Å²) in [5, 5.41) is 2.56. The molecule has 1 saturated heterocycles. The Balaban J connectivity index is 2.16. The number of carbonyl (C=O) groups excluding carboxylic acids is 1. The minimum absolute atomic E-state index is 0.286. The fourth-order valence-electron chi connectivity index (χ4n) is 0.987. The van der Waals surface area contributed by atoms with Crippen molar-refractivity contribution in [3.63, 3.8) is 0 Å². The molecule has 62 valence electrons. The van der Waals surface area contributed by atoms with Crippen molar-refractivity contribution in [1.29, 1.82) is 0 Å². The van der Waals surface area contributed by atoms with Gasteiger partial charge in [-0.3, -0.25) is 10.3 Å². The van der Waals surface area contributed by atoms with E-state index in [1.807, 2.05) is 6.07 Å². The molecule has 0 bridgehead atoms. The van der Waals surface area contributed by atoms with Gasteiger partial charge in [0.2, 0.25) is 0 Å². The van der Waals surface area contributed by atoms with Crippen LogP contribution in [0.2, 0.25) is 0 Å². The van der Waals surface area contributed by atoms with Gasteiger partial charge in [0.05, 0.1) is 0 Å². The Hall–Kier alpha value is -1.62. The van der Waals surface area contributed by atoms with Crippen LogP contribution in [0.5, 0.6) is 0 Å². The summed E-state index contributed by atoms with van der Waals surface area (Å²) in [6.45, 7) is 0. The highest BCUT2D eigenvalue weighted by molar-refractivity contribution is 5.69. The van der Waals surface area contributed by atoms with Gasteiger partial charge in [0.25, 0.3) is 0 Å². The molecule has 0 aliphatic carbocycles. The molecule has 1 aromatic heterocycles. The van der Waals surface area contributed by atoms with Crippen molar-refractivity contribution in [2.24, 2.45) is 0 Å². The summed E-state index contributed by atoms with van der Waals surface area (Å²) in [6, 6.07) is 3.64. The average molecular weight is 165 g/mol. The van der Waals surface area contributed by atoms with Gasteiger partial charge in [0.15, 0.2) is 0 Å². The fourth-order valence-corrected chi connectivity index (χ4v) is 0.987. The monoisotopic (exact) mass is 165 g/mol. The number of hydrogen-bond donors (Lipinski definition) is 2. The predicted octanol–water partition coefficient (Wildman–Crippen LogP) is 0.325. The number of hydrogen-bond acceptors (Lipinski definition) is 4. The molecule has 5 nitrogen and oxygen atoms in total. The van der Waals surface area contributed by atoms with Gasteiger partial charge in [-0.05, 0) is 6.07 Å². The Labute approximate surface area is 68.7 Å². The van der Waals surface area contributed by atoms with Crippen LogP contribution in [-0.4, -0.2) is 11.1 Å². The molecule has 2 rings (SSSR count). The van der Waals surface area contributed by atoms with E-state index in [9.17, 15) is 4.79 Å². The first-order valence-electron chi connectivity index (χ1n) is 3.49. The number of aromatic nitrogens is 1. The van der Waals surface area contributed by atoms with Crippen LogP contribution >= 0.6 is 0 Å². The lowest BCUT2D eigenvalue weighted by atomic mass is 10.2. The minimum Gasteiger partial charge on any atom is -0.351 e. The van der Waals surface area contributed by atoms with E-state index in [0.717, 1.165) is 5.56 Å². The lowest BCUT2D eigenvalue weighted by molar-refractivity contribution is 0.121. The Kier molecular flexibility index (Phi) is 1.64. The number of nitrogens with one attached hydrogen (secondary N) is 2. The van der Waals surface area contributed by atoms with Gasteiger partial charge in [-0.25, -0.2) is 4.79 Å². The van der Waals surface area contributed by atoms with Gasteiger partial charge < -0.3 is 4.84 Å². The summed E-state index contributed by atoms with van der Waals surface area (Å²) < 4.78 is 0. The molecular formula is C7H7N3O2. The van der Waals surface area contributed by atoms with E-state index in [1.165, 1.54) is 0 Å². The van der Waals surface area contributed by atoms with E-state index in [1.54, 1.807) is 18.5 Å². The molecule has 1 aliphatic rings. The Morgan fingerprint density at radius 1 is 1.58 bits per heavy atom. The van der Waals surface area contributed by atoms with Crippen molar-refractivity contribution < 1.29 is 9.63 Å². The molecule has 1 unspecified atom stereocenters. The smallest absolute Gasteiger partial charge is 0.351 e. The standard InChI is InChI=1S/C7H7N3O2/c11-7-9-6(10-12-7)5-2-1-3-8-4-5/h1-4,6,10H,(H,9,11). The van der Waals surface area contributed by atoms with Gasteiger partial charge in [0.1, 0.15) is 6.17 Å². The van der Waals surface area contributed by atoms with E-state index < -0.39 is 6.09 Å². The van der Waals surface area contributed by atoms with Crippen molar-refractivity contribution in [3.8, 4) is 0 Å². The normalized spacial score (nSPS) is 21.7. The third-order valence-corrected chi connectivity index (χ3v) is 1.55. The maximum atomic E-state index is 10.6. The maximum absolute atomic E-state index is 10.6. The summed E-state index contributed by atoms with van der Waals surface area (Å²) in [6.07, 6.45) is 2.57. The molecule has 12 heavy (non-hydrogen) atoms. The second-order valence-electron chi connectivity index (χ2n) is 2.37. The second kappa shape index (κ2) is 2.78. The zero-order valence-electron chi connectivity index (χ0n) is 6.15. The van der Waals surface area contributed by atoms with Crippen LogP contribution in [0.15, 0.2) is 24.5 Å². The van der Waals surface area contributed by atoms with Crippen molar-refractivity contribution in [2.75, 3.05) is 0 Å². The van der Waals surface area contributed by atoms with E-state index in [-0.39, 0.29) is 6.17 Å². The van der Waals surface area contributed by atoms with Gasteiger partial charge in [0, 0.05) is 18.0 Å². The van der Waals surface area contributed by atoms with Crippen molar-refractivity contribution >= 4 is 6.09 Å². The molecular weight excluding hydrogens is 158 g/mol. The van der Waals surface area contributed by atoms with E-state index in [0.29, 0.717) is 0 Å². The zero-order chi connectivity index (χ0) is 8.39. The molecule has 1 fully saturated rings.